The topological polar surface area (TPSA) is 70.2 Å². The summed E-state index contributed by atoms with van der Waals surface area (Å²) < 4.78 is 0. The highest BCUT2D eigenvalue weighted by Crippen LogP contribution is 2.17. The van der Waals surface area contributed by atoms with E-state index in [1.54, 1.807) is 18.2 Å². The number of anilines is 2. The molecule has 0 aliphatic rings. The third-order valence-corrected chi connectivity index (χ3v) is 3.89. The molecule has 0 aromatic heterocycles. The van der Waals surface area contributed by atoms with Crippen molar-refractivity contribution in [2.75, 3.05) is 17.2 Å². The molecule has 0 heterocycles. The number of aryl methyl sites for hydroxylation is 2. The van der Waals surface area contributed by atoms with Gasteiger partial charge in [0.2, 0.25) is 5.91 Å². The van der Waals surface area contributed by atoms with Crippen LogP contribution in [0.15, 0.2) is 42.5 Å². The molecule has 5 nitrogen and oxygen atoms in total. The zero-order valence-electron chi connectivity index (χ0n) is 16.1. The van der Waals surface area contributed by atoms with E-state index in [2.05, 4.69) is 16.0 Å². The first kappa shape index (κ1) is 19.5. The van der Waals surface area contributed by atoms with Crippen LogP contribution < -0.4 is 16.0 Å². The highest BCUT2D eigenvalue weighted by Gasteiger charge is 2.18. The number of hydrogen-bond donors (Lipinski definition) is 3. The molecule has 2 aromatic rings. The molecule has 0 atom stereocenters. The van der Waals surface area contributed by atoms with Crippen molar-refractivity contribution in [2.45, 2.75) is 40.2 Å². The predicted molar refractivity (Wildman–Crippen MR) is 107 cm³/mol. The quantitative estimate of drug-likeness (QED) is 0.764. The Hall–Kier alpha value is -2.82. The van der Waals surface area contributed by atoms with Crippen molar-refractivity contribution in [3.63, 3.8) is 0 Å². The second-order valence-corrected chi connectivity index (χ2v) is 7.45. The van der Waals surface area contributed by atoms with E-state index in [1.165, 1.54) is 5.56 Å². The van der Waals surface area contributed by atoms with Crippen molar-refractivity contribution < 1.29 is 9.59 Å². The minimum Gasteiger partial charge on any atom is -0.376 e. The Morgan fingerprint density at radius 3 is 2.31 bits per heavy atom. The summed E-state index contributed by atoms with van der Waals surface area (Å²) in [7, 11) is 0. The lowest BCUT2D eigenvalue weighted by Gasteiger charge is -2.21. The molecule has 5 heteroatoms. The van der Waals surface area contributed by atoms with Crippen LogP contribution >= 0.6 is 0 Å². The van der Waals surface area contributed by atoms with Gasteiger partial charge in [-0.2, -0.15) is 0 Å². The van der Waals surface area contributed by atoms with Crippen molar-refractivity contribution >= 4 is 23.2 Å². The first-order valence-corrected chi connectivity index (χ1v) is 8.68. The third kappa shape index (κ3) is 5.62. The van der Waals surface area contributed by atoms with Crippen LogP contribution in [-0.4, -0.2) is 23.9 Å². The van der Waals surface area contributed by atoms with Gasteiger partial charge in [-0.3, -0.25) is 9.59 Å². The first-order valence-electron chi connectivity index (χ1n) is 8.68. The number of carbonyl (C=O) groups is 2. The molecular formula is C21H27N3O2. The van der Waals surface area contributed by atoms with Crippen LogP contribution in [0.4, 0.5) is 11.4 Å². The van der Waals surface area contributed by atoms with Gasteiger partial charge in [0, 0.05) is 16.9 Å². The van der Waals surface area contributed by atoms with Crippen LogP contribution in [-0.2, 0) is 4.79 Å². The number of para-hydroxylation sites is 1. The summed E-state index contributed by atoms with van der Waals surface area (Å²) in [5, 5.41) is 8.85. The fraction of sp³-hybridized carbons (Fsp3) is 0.333. The number of benzene rings is 2. The van der Waals surface area contributed by atoms with Gasteiger partial charge in [0.05, 0.1) is 12.1 Å². The van der Waals surface area contributed by atoms with Gasteiger partial charge in [0.15, 0.2) is 0 Å². The lowest BCUT2D eigenvalue weighted by atomic mass is 10.1. The van der Waals surface area contributed by atoms with Crippen molar-refractivity contribution in [1.29, 1.82) is 0 Å². The summed E-state index contributed by atoms with van der Waals surface area (Å²) in [4.78, 5) is 24.7. The molecule has 2 rings (SSSR count). The summed E-state index contributed by atoms with van der Waals surface area (Å²) in [6.45, 7) is 9.90. The third-order valence-electron chi connectivity index (χ3n) is 3.89. The van der Waals surface area contributed by atoms with Crippen molar-refractivity contribution in [2.24, 2.45) is 0 Å². The SMILES string of the molecule is Cc1ccc(NC(=O)CNc2ccccc2C(=O)NC(C)(C)C)cc1C. The molecule has 0 saturated heterocycles. The van der Waals surface area contributed by atoms with E-state index in [-0.39, 0.29) is 23.9 Å². The zero-order valence-corrected chi connectivity index (χ0v) is 16.1. The Kier molecular flexibility index (Phi) is 6.03. The molecule has 0 fully saturated rings. The van der Waals surface area contributed by atoms with Gasteiger partial charge in [-0.1, -0.05) is 18.2 Å². The largest absolute Gasteiger partial charge is 0.376 e. The molecule has 0 aliphatic carbocycles. The zero-order chi connectivity index (χ0) is 19.3. The molecule has 2 aromatic carbocycles. The van der Waals surface area contributed by atoms with Crippen LogP contribution in [0.25, 0.3) is 0 Å². The van der Waals surface area contributed by atoms with Gasteiger partial charge >= 0.3 is 0 Å². The van der Waals surface area contributed by atoms with E-state index in [9.17, 15) is 9.59 Å². The molecule has 138 valence electrons. The molecule has 2 amide bonds. The van der Waals surface area contributed by atoms with Gasteiger partial charge in [0.25, 0.3) is 5.91 Å². The average molecular weight is 353 g/mol. The highest BCUT2D eigenvalue weighted by atomic mass is 16.2. The standard InChI is InChI=1S/C21H27N3O2/c1-14-10-11-16(12-15(14)2)23-19(25)13-22-18-9-7-6-8-17(18)20(26)24-21(3,4)5/h6-12,22H,13H2,1-5H3,(H,23,25)(H,24,26). The lowest BCUT2D eigenvalue weighted by Crippen LogP contribution is -2.40. The number of rotatable bonds is 5. The molecule has 3 N–H and O–H groups in total. The van der Waals surface area contributed by atoms with E-state index < -0.39 is 0 Å². The van der Waals surface area contributed by atoms with E-state index in [0.717, 1.165) is 11.3 Å². The summed E-state index contributed by atoms with van der Waals surface area (Å²) in [6, 6.07) is 13.0. The van der Waals surface area contributed by atoms with Gasteiger partial charge < -0.3 is 16.0 Å². The highest BCUT2D eigenvalue weighted by molar-refractivity contribution is 6.01. The van der Waals surface area contributed by atoms with Crippen LogP contribution in [0.3, 0.4) is 0 Å². The molecule has 0 unspecified atom stereocenters. The van der Waals surface area contributed by atoms with Crippen molar-refractivity contribution in [3.8, 4) is 0 Å². The van der Waals surface area contributed by atoms with E-state index in [4.69, 9.17) is 0 Å². The molecule has 0 aliphatic heterocycles. The van der Waals surface area contributed by atoms with Gasteiger partial charge in [-0.05, 0) is 70.0 Å². The second-order valence-electron chi connectivity index (χ2n) is 7.45. The summed E-state index contributed by atoms with van der Waals surface area (Å²) >= 11 is 0. The Morgan fingerprint density at radius 2 is 1.65 bits per heavy atom. The maximum Gasteiger partial charge on any atom is 0.253 e. The molecule has 0 bridgehead atoms. The van der Waals surface area contributed by atoms with E-state index in [1.807, 2.05) is 58.9 Å². The van der Waals surface area contributed by atoms with Crippen molar-refractivity contribution in [1.82, 2.24) is 5.32 Å². The Bertz CT molecular complexity index is 807. The Labute approximate surface area is 155 Å². The minimum absolute atomic E-state index is 0.0761. The molecule has 26 heavy (non-hydrogen) atoms. The van der Waals surface area contributed by atoms with Crippen LogP contribution in [0.1, 0.15) is 42.3 Å². The summed E-state index contributed by atoms with van der Waals surface area (Å²) in [5.41, 5.74) is 3.88. The van der Waals surface area contributed by atoms with Crippen LogP contribution in [0.2, 0.25) is 0 Å². The van der Waals surface area contributed by atoms with Crippen molar-refractivity contribution in [3.05, 3.63) is 59.2 Å². The van der Waals surface area contributed by atoms with Crippen LogP contribution in [0, 0.1) is 13.8 Å². The Balaban J connectivity index is 2.01. The number of carbonyl (C=O) groups excluding carboxylic acids is 2. The first-order chi connectivity index (χ1) is 12.2. The summed E-state index contributed by atoms with van der Waals surface area (Å²) in [5.74, 6) is -0.338. The van der Waals surface area contributed by atoms with Crippen LogP contribution in [0.5, 0.6) is 0 Å². The normalized spacial score (nSPS) is 11.0. The van der Waals surface area contributed by atoms with E-state index in [0.29, 0.717) is 11.3 Å². The molecule has 0 radical (unpaired) electrons. The fourth-order valence-corrected chi connectivity index (χ4v) is 2.44. The minimum atomic E-state index is -0.329. The number of amides is 2. The van der Waals surface area contributed by atoms with Gasteiger partial charge in [-0.25, -0.2) is 0 Å². The van der Waals surface area contributed by atoms with Gasteiger partial charge in [-0.15, -0.1) is 0 Å². The lowest BCUT2D eigenvalue weighted by molar-refractivity contribution is -0.114. The predicted octanol–water partition coefficient (Wildman–Crippen LogP) is 3.88. The fourth-order valence-electron chi connectivity index (χ4n) is 2.44. The molecule has 0 spiro atoms. The average Bonchev–Trinajstić information content (AvgIpc) is 2.55. The molecule has 0 saturated carbocycles. The maximum atomic E-state index is 12.4. The monoisotopic (exact) mass is 353 g/mol. The molecular weight excluding hydrogens is 326 g/mol. The number of hydrogen-bond acceptors (Lipinski definition) is 3. The second kappa shape index (κ2) is 8.04. The smallest absolute Gasteiger partial charge is 0.253 e. The maximum absolute atomic E-state index is 12.4. The summed E-state index contributed by atoms with van der Waals surface area (Å²) in [6.07, 6.45) is 0. The number of nitrogens with one attached hydrogen (secondary N) is 3. The Morgan fingerprint density at radius 1 is 0.962 bits per heavy atom. The van der Waals surface area contributed by atoms with Gasteiger partial charge in [0.1, 0.15) is 0 Å². The van der Waals surface area contributed by atoms with E-state index >= 15 is 0 Å².